The van der Waals surface area contributed by atoms with E-state index in [-0.39, 0.29) is 5.91 Å². The molecule has 0 atom stereocenters. The van der Waals surface area contributed by atoms with Crippen molar-refractivity contribution >= 4 is 23.2 Å². The Bertz CT molecular complexity index is 653. The number of hydrogen-bond acceptors (Lipinski definition) is 2. The highest BCUT2D eigenvalue weighted by Crippen LogP contribution is 2.27. The minimum Gasteiger partial charge on any atom is -0.495 e. The second kappa shape index (κ2) is 5.97. The molecule has 0 spiro atoms. The molecular formula is C16H16ClNO2. The zero-order valence-corrected chi connectivity index (χ0v) is 12.4. The molecule has 20 heavy (non-hydrogen) atoms. The van der Waals surface area contributed by atoms with Crippen LogP contribution in [0.4, 0.5) is 5.69 Å². The van der Waals surface area contributed by atoms with Crippen LogP contribution in [-0.2, 0) is 0 Å². The van der Waals surface area contributed by atoms with Crippen LogP contribution in [0.5, 0.6) is 5.75 Å². The van der Waals surface area contributed by atoms with Crippen molar-refractivity contribution in [2.45, 2.75) is 13.8 Å². The summed E-state index contributed by atoms with van der Waals surface area (Å²) in [5.41, 5.74) is 3.29. The number of carbonyl (C=O) groups is 1. The van der Waals surface area contributed by atoms with Gasteiger partial charge in [-0.25, -0.2) is 0 Å². The van der Waals surface area contributed by atoms with Crippen molar-refractivity contribution in [1.82, 2.24) is 0 Å². The molecule has 1 N–H and O–H groups in total. The number of carbonyl (C=O) groups excluding carboxylic acids is 1. The van der Waals surface area contributed by atoms with Crippen molar-refractivity contribution in [1.29, 1.82) is 0 Å². The number of benzene rings is 2. The molecule has 4 heteroatoms. The lowest BCUT2D eigenvalue weighted by Crippen LogP contribution is -2.13. The average Bonchev–Trinajstić information content (AvgIpc) is 2.41. The van der Waals surface area contributed by atoms with Gasteiger partial charge in [-0.2, -0.15) is 0 Å². The van der Waals surface area contributed by atoms with Crippen LogP contribution in [0.15, 0.2) is 36.4 Å². The van der Waals surface area contributed by atoms with Crippen LogP contribution in [0.25, 0.3) is 0 Å². The third kappa shape index (κ3) is 3.11. The van der Waals surface area contributed by atoms with Crippen LogP contribution in [0, 0.1) is 13.8 Å². The van der Waals surface area contributed by atoms with Gasteiger partial charge >= 0.3 is 0 Å². The van der Waals surface area contributed by atoms with Gasteiger partial charge < -0.3 is 10.1 Å². The van der Waals surface area contributed by atoms with Crippen LogP contribution >= 0.6 is 11.6 Å². The van der Waals surface area contributed by atoms with Gasteiger partial charge in [-0.1, -0.05) is 29.3 Å². The van der Waals surface area contributed by atoms with Gasteiger partial charge in [0.25, 0.3) is 5.91 Å². The highest BCUT2D eigenvalue weighted by atomic mass is 35.5. The summed E-state index contributed by atoms with van der Waals surface area (Å²) >= 11 is 6.04. The van der Waals surface area contributed by atoms with Gasteiger partial charge in [0.1, 0.15) is 5.75 Å². The zero-order chi connectivity index (χ0) is 14.7. The number of halogens is 1. The molecule has 3 nitrogen and oxygen atoms in total. The second-order valence-electron chi connectivity index (χ2n) is 4.62. The average molecular weight is 290 g/mol. The molecule has 0 saturated heterocycles. The lowest BCUT2D eigenvalue weighted by molar-refractivity contribution is 0.102. The first-order valence-electron chi connectivity index (χ1n) is 6.23. The molecule has 0 radical (unpaired) electrons. The maximum absolute atomic E-state index is 12.3. The predicted molar refractivity (Wildman–Crippen MR) is 81.9 cm³/mol. The number of anilines is 1. The van der Waals surface area contributed by atoms with Gasteiger partial charge in [0, 0.05) is 11.3 Å². The summed E-state index contributed by atoms with van der Waals surface area (Å²) in [6, 6.07) is 10.9. The third-order valence-corrected chi connectivity index (χ3v) is 3.34. The van der Waals surface area contributed by atoms with Gasteiger partial charge in [0.05, 0.1) is 12.1 Å². The van der Waals surface area contributed by atoms with E-state index in [0.717, 1.165) is 11.1 Å². The molecule has 104 valence electrons. The fraction of sp³-hybridized carbons (Fsp3) is 0.188. The van der Waals surface area contributed by atoms with Crippen molar-refractivity contribution in [3.8, 4) is 5.75 Å². The number of nitrogens with one attached hydrogen (secondary N) is 1. The molecular weight excluding hydrogens is 274 g/mol. The number of hydrogen-bond donors (Lipinski definition) is 1. The van der Waals surface area contributed by atoms with E-state index in [4.69, 9.17) is 16.3 Å². The maximum atomic E-state index is 12.3. The number of ether oxygens (including phenoxy) is 1. The van der Waals surface area contributed by atoms with E-state index in [1.807, 2.05) is 32.0 Å². The van der Waals surface area contributed by atoms with E-state index in [1.54, 1.807) is 25.3 Å². The van der Waals surface area contributed by atoms with E-state index in [0.29, 0.717) is 22.0 Å². The molecule has 0 bridgehead atoms. The monoisotopic (exact) mass is 289 g/mol. The van der Waals surface area contributed by atoms with E-state index >= 15 is 0 Å². The summed E-state index contributed by atoms with van der Waals surface area (Å²) in [5, 5.41) is 3.30. The lowest BCUT2D eigenvalue weighted by atomic mass is 10.1. The normalized spacial score (nSPS) is 10.2. The van der Waals surface area contributed by atoms with Crippen molar-refractivity contribution < 1.29 is 9.53 Å². The molecule has 2 aromatic carbocycles. The smallest absolute Gasteiger partial charge is 0.255 e. The maximum Gasteiger partial charge on any atom is 0.255 e. The summed E-state index contributed by atoms with van der Waals surface area (Å²) in [7, 11) is 1.55. The van der Waals surface area contributed by atoms with E-state index in [2.05, 4.69) is 5.32 Å². The van der Waals surface area contributed by atoms with Gasteiger partial charge in [0.15, 0.2) is 0 Å². The third-order valence-electron chi connectivity index (χ3n) is 3.05. The highest BCUT2D eigenvalue weighted by Gasteiger charge is 2.10. The Kier molecular flexibility index (Phi) is 4.30. The molecule has 0 saturated carbocycles. The summed E-state index contributed by atoms with van der Waals surface area (Å²) in [6.07, 6.45) is 0. The van der Waals surface area contributed by atoms with Crippen LogP contribution in [0.1, 0.15) is 21.5 Å². The van der Waals surface area contributed by atoms with Crippen molar-refractivity contribution in [2.75, 3.05) is 12.4 Å². The fourth-order valence-corrected chi connectivity index (χ4v) is 2.18. The topological polar surface area (TPSA) is 38.3 Å². The first-order valence-corrected chi connectivity index (χ1v) is 6.61. The van der Waals surface area contributed by atoms with Crippen molar-refractivity contribution in [3.63, 3.8) is 0 Å². The summed E-state index contributed by atoms with van der Waals surface area (Å²) in [4.78, 5) is 12.3. The molecule has 0 aromatic heterocycles. The Morgan fingerprint density at radius 3 is 2.55 bits per heavy atom. The van der Waals surface area contributed by atoms with Crippen LogP contribution in [-0.4, -0.2) is 13.0 Å². The molecule has 0 unspecified atom stereocenters. The summed E-state index contributed by atoms with van der Waals surface area (Å²) in [5.74, 6) is 0.434. The number of amides is 1. The van der Waals surface area contributed by atoms with Crippen LogP contribution in [0.3, 0.4) is 0 Å². The van der Waals surface area contributed by atoms with Crippen molar-refractivity contribution in [2.24, 2.45) is 0 Å². The van der Waals surface area contributed by atoms with Gasteiger partial charge in [-0.3, -0.25) is 4.79 Å². The quantitative estimate of drug-likeness (QED) is 0.919. The molecule has 2 aromatic rings. The highest BCUT2D eigenvalue weighted by molar-refractivity contribution is 6.32. The number of methoxy groups -OCH3 is 1. The van der Waals surface area contributed by atoms with Crippen LogP contribution in [0.2, 0.25) is 5.02 Å². The van der Waals surface area contributed by atoms with Crippen molar-refractivity contribution in [3.05, 3.63) is 58.1 Å². The van der Waals surface area contributed by atoms with Gasteiger partial charge in [-0.05, 0) is 43.7 Å². The largest absolute Gasteiger partial charge is 0.495 e. The summed E-state index contributed by atoms with van der Waals surface area (Å²) in [6.45, 7) is 3.87. The molecule has 0 aliphatic carbocycles. The van der Waals surface area contributed by atoms with E-state index in [1.165, 1.54) is 0 Å². The summed E-state index contributed by atoms with van der Waals surface area (Å²) < 4.78 is 5.08. The Morgan fingerprint density at radius 2 is 1.90 bits per heavy atom. The standard InChI is InChI=1S/C16H16ClNO2/c1-10-4-5-11(2)13(8-10)16(19)18-12-6-7-15(20-3)14(17)9-12/h4-9H,1-3H3,(H,18,19). The zero-order valence-electron chi connectivity index (χ0n) is 11.7. The minimum atomic E-state index is -0.146. The lowest BCUT2D eigenvalue weighted by Gasteiger charge is -2.10. The molecule has 2 rings (SSSR count). The molecule has 1 amide bonds. The second-order valence-corrected chi connectivity index (χ2v) is 5.03. The minimum absolute atomic E-state index is 0.146. The first kappa shape index (κ1) is 14.4. The Labute approximate surface area is 123 Å². The Hall–Kier alpha value is -2.00. The molecule has 0 fully saturated rings. The van der Waals surface area contributed by atoms with Gasteiger partial charge in [0.2, 0.25) is 0 Å². The SMILES string of the molecule is COc1ccc(NC(=O)c2cc(C)ccc2C)cc1Cl. The van der Waals surface area contributed by atoms with E-state index in [9.17, 15) is 4.79 Å². The molecule has 0 heterocycles. The number of rotatable bonds is 3. The Balaban J connectivity index is 2.23. The van der Waals surface area contributed by atoms with E-state index < -0.39 is 0 Å². The fourth-order valence-electron chi connectivity index (χ4n) is 1.92. The van der Waals surface area contributed by atoms with Crippen LogP contribution < -0.4 is 10.1 Å². The predicted octanol–water partition coefficient (Wildman–Crippen LogP) is 4.22. The Morgan fingerprint density at radius 1 is 1.15 bits per heavy atom. The molecule has 0 aliphatic rings. The first-order chi connectivity index (χ1) is 9.51. The van der Waals surface area contributed by atoms with Gasteiger partial charge in [-0.15, -0.1) is 0 Å². The number of aryl methyl sites for hydroxylation is 2. The molecule has 0 aliphatic heterocycles.